The summed E-state index contributed by atoms with van der Waals surface area (Å²) in [4.78, 5) is 16.2. The smallest absolute Gasteiger partial charge is 0.238 e. The van der Waals surface area contributed by atoms with E-state index in [9.17, 15) is 4.79 Å². The normalized spacial score (nSPS) is 10.8. The number of fused-ring (bicyclic) bond motifs is 1. The van der Waals surface area contributed by atoms with Crippen molar-refractivity contribution in [3.05, 3.63) is 35.5 Å². The Labute approximate surface area is 133 Å². The van der Waals surface area contributed by atoms with Gasteiger partial charge in [0.25, 0.3) is 0 Å². The third kappa shape index (κ3) is 4.64. The van der Waals surface area contributed by atoms with E-state index in [4.69, 9.17) is 21.4 Å². The highest BCUT2D eigenvalue weighted by atomic mass is 35.5. The number of nitrogens with one attached hydrogen (secondary N) is 2. The SMILES string of the molecule is O=C(CNCCOCCO)Nc1cccc2c(Cl)ccnc12. The molecule has 3 N–H and O–H groups in total. The molecular formula is C15H18ClN3O3. The lowest BCUT2D eigenvalue weighted by molar-refractivity contribution is -0.115. The van der Waals surface area contributed by atoms with Gasteiger partial charge in [-0.25, -0.2) is 0 Å². The second-order valence-electron chi connectivity index (χ2n) is 4.56. The van der Waals surface area contributed by atoms with Crippen LogP contribution in [0.3, 0.4) is 0 Å². The van der Waals surface area contributed by atoms with Crippen LogP contribution in [0, 0.1) is 0 Å². The fraction of sp³-hybridized carbons (Fsp3) is 0.333. The van der Waals surface area contributed by atoms with Crippen LogP contribution in [-0.4, -0.2) is 48.9 Å². The number of amides is 1. The number of nitrogens with zero attached hydrogens (tertiary/aromatic N) is 1. The van der Waals surface area contributed by atoms with Gasteiger partial charge >= 0.3 is 0 Å². The summed E-state index contributed by atoms with van der Waals surface area (Å²) in [6.45, 7) is 1.44. The minimum atomic E-state index is -0.170. The highest BCUT2D eigenvalue weighted by Gasteiger charge is 2.08. The van der Waals surface area contributed by atoms with Crippen LogP contribution in [-0.2, 0) is 9.53 Å². The maximum atomic E-state index is 11.9. The fourth-order valence-electron chi connectivity index (χ4n) is 1.95. The lowest BCUT2D eigenvalue weighted by Crippen LogP contribution is -2.30. The number of halogens is 1. The van der Waals surface area contributed by atoms with Crippen LogP contribution in [0.25, 0.3) is 10.9 Å². The summed E-state index contributed by atoms with van der Waals surface area (Å²) in [5, 5.41) is 15.7. The van der Waals surface area contributed by atoms with Gasteiger partial charge in [0, 0.05) is 18.1 Å². The Kier molecular flexibility index (Phi) is 6.54. The molecule has 1 aromatic carbocycles. The van der Waals surface area contributed by atoms with Crippen LogP contribution in [0.1, 0.15) is 0 Å². The number of rotatable bonds is 8. The van der Waals surface area contributed by atoms with Crippen molar-refractivity contribution in [3.63, 3.8) is 0 Å². The molecule has 6 nitrogen and oxygen atoms in total. The quantitative estimate of drug-likeness (QED) is 0.640. The Hall–Kier alpha value is -1.73. The second-order valence-corrected chi connectivity index (χ2v) is 4.96. The first-order valence-electron chi connectivity index (χ1n) is 6.95. The van der Waals surface area contributed by atoms with Gasteiger partial charge in [-0.05, 0) is 12.1 Å². The number of hydrogen-bond donors (Lipinski definition) is 3. The van der Waals surface area contributed by atoms with Crippen molar-refractivity contribution in [2.24, 2.45) is 0 Å². The largest absolute Gasteiger partial charge is 0.394 e. The van der Waals surface area contributed by atoms with Gasteiger partial charge in [-0.1, -0.05) is 23.7 Å². The Balaban J connectivity index is 1.88. The van der Waals surface area contributed by atoms with Crippen LogP contribution in [0.15, 0.2) is 30.5 Å². The highest BCUT2D eigenvalue weighted by Crippen LogP contribution is 2.26. The van der Waals surface area contributed by atoms with Crippen LogP contribution in [0.5, 0.6) is 0 Å². The average molecular weight is 324 g/mol. The molecule has 0 aliphatic heterocycles. The van der Waals surface area contributed by atoms with Crippen LogP contribution in [0.4, 0.5) is 5.69 Å². The third-order valence-electron chi connectivity index (χ3n) is 2.94. The zero-order valence-corrected chi connectivity index (χ0v) is 12.8. The fourth-order valence-corrected chi connectivity index (χ4v) is 2.16. The van der Waals surface area contributed by atoms with E-state index in [1.807, 2.05) is 12.1 Å². The predicted molar refractivity (Wildman–Crippen MR) is 86.2 cm³/mol. The van der Waals surface area contributed by atoms with Crippen molar-refractivity contribution < 1.29 is 14.6 Å². The first-order chi connectivity index (χ1) is 10.7. The van der Waals surface area contributed by atoms with E-state index in [0.29, 0.717) is 36.0 Å². The van der Waals surface area contributed by atoms with Crippen molar-refractivity contribution in [1.82, 2.24) is 10.3 Å². The van der Waals surface area contributed by atoms with E-state index in [-0.39, 0.29) is 19.1 Å². The van der Waals surface area contributed by atoms with E-state index >= 15 is 0 Å². The van der Waals surface area contributed by atoms with Gasteiger partial charge in [-0.2, -0.15) is 0 Å². The Morgan fingerprint density at radius 2 is 2.18 bits per heavy atom. The van der Waals surface area contributed by atoms with E-state index in [1.165, 1.54) is 0 Å². The summed E-state index contributed by atoms with van der Waals surface area (Å²) in [5.41, 5.74) is 1.29. The molecule has 0 unspecified atom stereocenters. The maximum absolute atomic E-state index is 11.9. The second kappa shape index (κ2) is 8.65. The number of carbonyl (C=O) groups excluding carboxylic acids is 1. The van der Waals surface area contributed by atoms with Crippen molar-refractivity contribution in [3.8, 4) is 0 Å². The average Bonchev–Trinajstić information content (AvgIpc) is 2.52. The molecule has 1 heterocycles. The van der Waals surface area contributed by atoms with Gasteiger partial charge in [-0.15, -0.1) is 0 Å². The topological polar surface area (TPSA) is 83.5 Å². The predicted octanol–water partition coefficient (Wildman–Crippen LogP) is 1.43. The zero-order valence-electron chi connectivity index (χ0n) is 12.0. The monoisotopic (exact) mass is 323 g/mol. The maximum Gasteiger partial charge on any atom is 0.238 e. The minimum absolute atomic E-state index is 0.00285. The number of anilines is 1. The highest BCUT2D eigenvalue weighted by molar-refractivity contribution is 6.35. The molecule has 0 saturated carbocycles. The first-order valence-corrected chi connectivity index (χ1v) is 7.32. The van der Waals surface area contributed by atoms with Gasteiger partial charge in [0.15, 0.2) is 0 Å². The molecule has 22 heavy (non-hydrogen) atoms. The molecule has 0 aliphatic rings. The molecule has 0 aliphatic carbocycles. The van der Waals surface area contributed by atoms with Crippen molar-refractivity contribution in [2.45, 2.75) is 0 Å². The minimum Gasteiger partial charge on any atom is -0.394 e. The number of carbonyl (C=O) groups is 1. The lowest BCUT2D eigenvalue weighted by Gasteiger charge is -2.09. The van der Waals surface area contributed by atoms with Crippen molar-refractivity contribution >= 4 is 34.1 Å². The summed E-state index contributed by atoms with van der Waals surface area (Å²) in [7, 11) is 0. The number of para-hydroxylation sites is 1. The molecule has 2 rings (SSSR count). The van der Waals surface area contributed by atoms with Gasteiger partial charge in [0.2, 0.25) is 5.91 Å². The van der Waals surface area contributed by atoms with Crippen molar-refractivity contribution in [1.29, 1.82) is 0 Å². The molecule has 0 saturated heterocycles. The van der Waals surface area contributed by atoms with E-state index in [2.05, 4.69) is 15.6 Å². The summed E-state index contributed by atoms with van der Waals surface area (Å²) in [5.74, 6) is -0.170. The van der Waals surface area contributed by atoms with Crippen LogP contribution >= 0.6 is 11.6 Å². The molecule has 7 heteroatoms. The Morgan fingerprint density at radius 1 is 1.32 bits per heavy atom. The number of aliphatic hydroxyl groups excluding tert-OH is 1. The number of aromatic nitrogens is 1. The standard InChI is InChI=1S/C15H18ClN3O3/c16-12-4-5-18-15-11(12)2-1-3-13(15)19-14(21)10-17-6-8-22-9-7-20/h1-5,17,20H,6-10H2,(H,19,21). The third-order valence-corrected chi connectivity index (χ3v) is 3.27. The van der Waals surface area contributed by atoms with Crippen molar-refractivity contribution in [2.75, 3.05) is 38.2 Å². The Bertz CT molecular complexity index is 636. The molecule has 0 fully saturated rings. The van der Waals surface area contributed by atoms with Gasteiger partial charge in [0.1, 0.15) is 0 Å². The number of hydrogen-bond acceptors (Lipinski definition) is 5. The molecule has 1 aromatic heterocycles. The molecule has 0 bridgehead atoms. The Morgan fingerprint density at radius 3 is 3.00 bits per heavy atom. The van der Waals surface area contributed by atoms with E-state index in [1.54, 1.807) is 18.3 Å². The number of ether oxygens (including phenoxy) is 1. The number of pyridine rings is 1. The number of benzene rings is 1. The van der Waals surface area contributed by atoms with Gasteiger partial charge < -0.3 is 20.5 Å². The number of aliphatic hydroxyl groups is 1. The molecule has 118 valence electrons. The molecule has 0 spiro atoms. The molecule has 2 aromatic rings. The molecular weight excluding hydrogens is 306 g/mol. The first kappa shape index (κ1) is 16.6. The summed E-state index contributed by atoms with van der Waals surface area (Å²) in [6.07, 6.45) is 1.61. The van der Waals surface area contributed by atoms with Crippen LogP contribution in [0.2, 0.25) is 5.02 Å². The molecule has 1 amide bonds. The van der Waals surface area contributed by atoms with Crippen LogP contribution < -0.4 is 10.6 Å². The summed E-state index contributed by atoms with van der Waals surface area (Å²) in [6, 6.07) is 7.18. The van der Waals surface area contributed by atoms with E-state index < -0.39 is 0 Å². The van der Waals surface area contributed by atoms with E-state index in [0.717, 1.165) is 5.39 Å². The molecule has 0 radical (unpaired) electrons. The van der Waals surface area contributed by atoms with Gasteiger partial charge in [0.05, 0.1) is 42.6 Å². The summed E-state index contributed by atoms with van der Waals surface area (Å²) >= 11 is 6.11. The zero-order chi connectivity index (χ0) is 15.8. The summed E-state index contributed by atoms with van der Waals surface area (Å²) < 4.78 is 5.08. The molecule has 0 atom stereocenters. The van der Waals surface area contributed by atoms with Gasteiger partial charge in [-0.3, -0.25) is 9.78 Å². The lowest BCUT2D eigenvalue weighted by atomic mass is 10.2.